The number of thioether (sulfide) groups is 1. The lowest BCUT2D eigenvalue weighted by Crippen LogP contribution is -2.21. The van der Waals surface area contributed by atoms with E-state index >= 15 is 0 Å². The van der Waals surface area contributed by atoms with Crippen LogP contribution in [0.3, 0.4) is 0 Å². The monoisotopic (exact) mass is 346 g/mol. The summed E-state index contributed by atoms with van der Waals surface area (Å²) in [5, 5.41) is 3.22. The van der Waals surface area contributed by atoms with Gasteiger partial charge < -0.3 is 14.8 Å². The van der Waals surface area contributed by atoms with Gasteiger partial charge in [-0.2, -0.15) is 0 Å². The molecule has 2 rings (SSSR count). The molecule has 0 aliphatic rings. The van der Waals surface area contributed by atoms with Crippen molar-refractivity contribution < 1.29 is 19.1 Å². The van der Waals surface area contributed by atoms with Crippen LogP contribution in [0.15, 0.2) is 47.6 Å². The number of hydrogen-bond donors (Lipinski definition) is 1. The van der Waals surface area contributed by atoms with Gasteiger partial charge in [0.2, 0.25) is 0 Å². The molecule has 0 bridgehead atoms. The maximum Gasteiger partial charge on any atom is 0.341 e. The number of anilines is 1. The highest BCUT2D eigenvalue weighted by Crippen LogP contribution is 2.18. The maximum atomic E-state index is 12.0. The molecule has 1 aromatic carbocycles. The molecule has 24 heavy (non-hydrogen) atoms. The van der Waals surface area contributed by atoms with Gasteiger partial charge in [-0.15, -0.1) is 11.8 Å². The van der Waals surface area contributed by atoms with Crippen LogP contribution in [0.2, 0.25) is 0 Å². The quantitative estimate of drug-likeness (QED) is 0.613. The van der Waals surface area contributed by atoms with E-state index in [0.717, 1.165) is 5.75 Å². The number of ether oxygens (including phenoxy) is 2. The molecule has 0 unspecified atom stereocenters. The maximum absolute atomic E-state index is 12.0. The Morgan fingerprint density at radius 1 is 1.21 bits per heavy atom. The van der Waals surface area contributed by atoms with Crippen molar-refractivity contribution in [2.24, 2.45) is 0 Å². The molecule has 0 atom stereocenters. The number of amides is 1. The predicted octanol–water partition coefficient (Wildman–Crippen LogP) is 3.00. The van der Waals surface area contributed by atoms with Crippen LogP contribution in [0.25, 0.3) is 0 Å². The summed E-state index contributed by atoms with van der Waals surface area (Å²) in [5.74, 6) is -0.264. The molecule has 7 heteroatoms. The first-order valence-electron chi connectivity index (χ1n) is 7.33. The van der Waals surface area contributed by atoms with Gasteiger partial charge in [0.25, 0.3) is 5.91 Å². The summed E-state index contributed by atoms with van der Waals surface area (Å²) in [7, 11) is 0. The third-order valence-corrected chi connectivity index (χ3v) is 3.68. The average Bonchev–Trinajstić information content (AvgIpc) is 2.61. The van der Waals surface area contributed by atoms with Gasteiger partial charge in [-0.25, -0.2) is 9.78 Å². The fraction of sp³-hybridized carbons (Fsp3) is 0.235. The number of pyridine rings is 1. The van der Waals surface area contributed by atoms with Crippen molar-refractivity contribution in [1.29, 1.82) is 0 Å². The van der Waals surface area contributed by atoms with Crippen LogP contribution in [0, 0.1) is 0 Å². The Morgan fingerprint density at radius 2 is 1.96 bits per heavy atom. The summed E-state index contributed by atoms with van der Waals surface area (Å²) in [6.45, 7) is 2.11. The second-order valence-electron chi connectivity index (χ2n) is 4.64. The summed E-state index contributed by atoms with van der Waals surface area (Å²) in [6.07, 6.45) is 3.42. The molecule has 0 saturated carbocycles. The molecule has 1 N–H and O–H groups in total. The summed E-state index contributed by atoms with van der Waals surface area (Å²) in [5.41, 5.74) is 0.949. The Kier molecular flexibility index (Phi) is 6.62. The first-order valence-corrected chi connectivity index (χ1v) is 8.55. The Balaban J connectivity index is 1.87. The van der Waals surface area contributed by atoms with Gasteiger partial charge in [-0.1, -0.05) is 0 Å². The van der Waals surface area contributed by atoms with Crippen molar-refractivity contribution in [3.05, 3.63) is 48.2 Å². The molecule has 0 radical (unpaired) electrons. The zero-order valence-corrected chi connectivity index (χ0v) is 14.3. The van der Waals surface area contributed by atoms with Gasteiger partial charge in [-0.3, -0.25) is 4.79 Å². The zero-order chi connectivity index (χ0) is 17.4. The summed E-state index contributed by atoms with van der Waals surface area (Å²) < 4.78 is 10.4. The standard InChI is InChI=1S/C17H18N2O4S/c1-3-22-13-8-6-12(7-9-13)19-15(20)11-23-17(21)14-5-4-10-18-16(14)24-2/h4-10H,3,11H2,1-2H3,(H,19,20). The number of rotatable bonds is 7. The molecule has 0 aliphatic carbocycles. The van der Waals surface area contributed by atoms with Crippen LogP contribution < -0.4 is 10.1 Å². The van der Waals surface area contributed by atoms with Gasteiger partial charge in [-0.05, 0) is 49.6 Å². The van der Waals surface area contributed by atoms with Crippen molar-refractivity contribution >= 4 is 29.3 Å². The number of carbonyl (C=O) groups excluding carboxylic acids is 2. The van der Waals surface area contributed by atoms with Gasteiger partial charge in [0.15, 0.2) is 6.61 Å². The Hall–Kier alpha value is -2.54. The molecule has 6 nitrogen and oxygen atoms in total. The number of hydrogen-bond acceptors (Lipinski definition) is 6. The van der Waals surface area contributed by atoms with E-state index in [-0.39, 0.29) is 6.61 Å². The van der Waals surface area contributed by atoms with Crippen LogP contribution >= 0.6 is 11.8 Å². The summed E-state index contributed by atoms with van der Waals surface area (Å²) >= 11 is 1.34. The fourth-order valence-corrected chi connectivity index (χ4v) is 2.45. The van der Waals surface area contributed by atoms with E-state index in [0.29, 0.717) is 22.9 Å². The average molecular weight is 346 g/mol. The van der Waals surface area contributed by atoms with Crippen LogP contribution in [0.5, 0.6) is 5.75 Å². The van der Waals surface area contributed by atoms with E-state index in [9.17, 15) is 9.59 Å². The van der Waals surface area contributed by atoms with Gasteiger partial charge in [0.1, 0.15) is 10.8 Å². The third kappa shape index (κ3) is 4.99. The first-order chi connectivity index (χ1) is 11.6. The van der Waals surface area contributed by atoms with Crippen molar-refractivity contribution in [2.75, 3.05) is 24.8 Å². The number of nitrogens with zero attached hydrogens (tertiary/aromatic N) is 1. The SMILES string of the molecule is CCOc1ccc(NC(=O)COC(=O)c2cccnc2SC)cc1. The summed E-state index contributed by atoms with van der Waals surface area (Å²) in [4.78, 5) is 28.0. The predicted molar refractivity (Wildman–Crippen MR) is 92.5 cm³/mol. The highest BCUT2D eigenvalue weighted by molar-refractivity contribution is 7.98. The van der Waals surface area contributed by atoms with Crippen LogP contribution in [0.4, 0.5) is 5.69 Å². The topological polar surface area (TPSA) is 77.5 Å². The molecule has 126 valence electrons. The molecular formula is C17H18N2O4S. The lowest BCUT2D eigenvalue weighted by Gasteiger charge is -2.09. The largest absolute Gasteiger partial charge is 0.494 e. The molecule has 1 amide bonds. The highest BCUT2D eigenvalue weighted by Gasteiger charge is 2.14. The number of esters is 1. The second kappa shape index (κ2) is 8.93. The first kappa shape index (κ1) is 17.8. The van der Waals surface area contributed by atoms with Gasteiger partial charge in [0.05, 0.1) is 12.2 Å². The van der Waals surface area contributed by atoms with Gasteiger partial charge in [0, 0.05) is 11.9 Å². The minimum atomic E-state index is -0.575. The molecule has 0 aliphatic heterocycles. The van der Waals surface area contributed by atoms with Crippen LogP contribution in [-0.4, -0.2) is 36.3 Å². The number of benzene rings is 1. The molecule has 1 aromatic heterocycles. The normalized spacial score (nSPS) is 10.1. The van der Waals surface area contributed by atoms with E-state index < -0.39 is 11.9 Å². The molecule has 1 heterocycles. The number of carbonyl (C=O) groups is 2. The van der Waals surface area contributed by atoms with E-state index in [2.05, 4.69) is 10.3 Å². The fourth-order valence-electron chi connectivity index (χ4n) is 1.92. The molecule has 0 spiro atoms. The molecular weight excluding hydrogens is 328 g/mol. The minimum absolute atomic E-state index is 0.346. The van der Waals surface area contributed by atoms with E-state index in [4.69, 9.17) is 9.47 Å². The lowest BCUT2D eigenvalue weighted by atomic mass is 10.3. The van der Waals surface area contributed by atoms with Crippen molar-refractivity contribution in [3.8, 4) is 5.75 Å². The number of nitrogens with one attached hydrogen (secondary N) is 1. The van der Waals surface area contributed by atoms with Crippen LogP contribution in [0.1, 0.15) is 17.3 Å². The highest BCUT2D eigenvalue weighted by atomic mass is 32.2. The van der Waals surface area contributed by atoms with Crippen molar-refractivity contribution in [2.45, 2.75) is 11.9 Å². The lowest BCUT2D eigenvalue weighted by molar-refractivity contribution is -0.119. The van der Waals surface area contributed by atoms with E-state index in [1.54, 1.807) is 42.6 Å². The molecule has 0 fully saturated rings. The summed E-state index contributed by atoms with van der Waals surface area (Å²) in [6, 6.07) is 10.2. The number of aromatic nitrogens is 1. The van der Waals surface area contributed by atoms with E-state index in [1.807, 2.05) is 13.2 Å². The third-order valence-electron chi connectivity index (χ3n) is 2.97. The second-order valence-corrected chi connectivity index (χ2v) is 5.44. The minimum Gasteiger partial charge on any atom is -0.494 e. The molecule has 0 saturated heterocycles. The van der Waals surface area contributed by atoms with E-state index in [1.165, 1.54) is 11.8 Å². The molecule has 2 aromatic rings. The van der Waals surface area contributed by atoms with Gasteiger partial charge >= 0.3 is 5.97 Å². The van der Waals surface area contributed by atoms with Crippen molar-refractivity contribution in [3.63, 3.8) is 0 Å². The zero-order valence-electron chi connectivity index (χ0n) is 13.4. The Labute approximate surface area is 144 Å². The van der Waals surface area contributed by atoms with Crippen LogP contribution in [-0.2, 0) is 9.53 Å². The Bertz CT molecular complexity index is 704. The smallest absolute Gasteiger partial charge is 0.341 e. The van der Waals surface area contributed by atoms with Crippen molar-refractivity contribution in [1.82, 2.24) is 4.98 Å². The Morgan fingerprint density at radius 3 is 2.62 bits per heavy atom.